The maximum absolute atomic E-state index is 12.1. The standard InChI is InChI=1S/C14H17N7O2/c1-18-4-5-20(14(18)23)10-6-16-21(9-10)11-7-19(8-11)13(22)12-2-3-15-17-12/h2-3,6,9,11H,4-5,7-8H2,1H3,(H,15,17). The van der Waals surface area contributed by atoms with Crippen LogP contribution in [0.2, 0.25) is 0 Å². The molecule has 23 heavy (non-hydrogen) atoms. The number of H-pyrrole nitrogens is 1. The average Bonchev–Trinajstić information content (AvgIpc) is 3.20. The highest BCUT2D eigenvalue weighted by molar-refractivity contribution is 5.94. The summed E-state index contributed by atoms with van der Waals surface area (Å²) in [5.41, 5.74) is 1.30. The number of hydrogen-bond acceptors (Lipinski definition) is 4. The van der Waals surface area contributed by atoms with Crippen LogP contribution in [-0.2, 0) is 0 Å². The molecule has 0 saturated carbocycles. The first-order valence-electron chi connectivity index (χ1n) is 7.49. The molecule has 120 valence electrons. The van der Waals surface area contributed by atoms with Gasteiger partial charge in [0, 0.05) is 45.6 Å². The molecule has 0 radical (unpaired) electrons. The second-order valence-electron chi connectivity index (χ2n) is 5.87. The van der Waals surface area contributed by atoms with Gasteiger partial charge in [0.15, 0.2) is 0 Å². The minimum absolute atomic E-state index is 0.00536. The molecule has 2 aromatic heterocycles. The number of anilines is 1. The number of likely N-dealkylation sites (tertiary alicyclic amines) is 1. The van der Waals surface area contributed by atoms with Crippen LogP contribution in [0.4, 0.5) is 10.5 Å². The molecule has 2 aliphatic rings. The van der Waals surface area contributed by atoms with Gasteiger partial charge >= 0.3 is 6.03 Å². The number of aromatic amines is 1. The Morgan fingerprint density at radius 3 is 2.83 bits per heavy atom. The lowest BCUT2D eigenvalue weighted by Crippen LogP contribution is -2.51. The van der Waals surface area contributed by atoms with Gasteiger partial charge < -0.3 is 9.80 Å². The summed E-state index contributed by atoms with van der Waals surface area (Å²) in [6.07, 6.45) is 5.14. The van der Waals surface area contributed by atoms with Gasteiger partial charge in [0.05, 0.1) is 17.9 Å². The minimum Gasteiger partial charge on any atom is -0.333 e. The van der Waals surface area contributed by atoms with Crippen molar-refractivity contribution in [1.82, 2.24) is 29.8 Å². The zero-order chi connectivity index (χ0) is 16.0. The van der Waals surface area contributed by atoms with E-state index in [2.05, 4.69) is 15.3 Å². The summed E-state index contributed by atoms with van der Waals surface area (Å²) < 4.78 is 1.83. The molecule has 0 aliphatic carbocycles. The largest absolute Gasteiger partial charge is 0.333 e. The Morgan fingerprint density at radius 2 is 2.17 bits per heavy atom. The molecular weight excluding hydrogens is 298 g/mol. The molecule has 2 aliphatic heterocycles. The van der Waals surface area contributed by atoms with E-state index in [9.17, 15) is 9.59 Å². The van der Waals surface area contributed by atoms with Crippen molar-refractivity contribution < 1.29 is 9.59 Å². The van der Waals surface area contributed by atoms with E-state index in [1.54, 1.807) is 40.2 Å². The summed E-state index contributed by atoms with van der Waals surface area (Å²) in [6.45, 7) is 2.61. The summed E-state index contributed by atoms with van der Waals surface area (Å²) in [7, 11) is 1.79. The van der Waals surface area contributed by atoms with Crippen LogP contribution in [0.15, 0.2) is 24.7 Å². The van der Waals surface area contributed by atoms with Crippen molar-refractivity contribution in [3.05, 3.63) is 30.4 Å². The van der Waals surface area contributed by atoms with Crippen molar-refractivity contribution in [2.24, 2.45) is 0 Å². The second kappa shape index (κ2) is 5.11. The van der Waals surface area contributed by atoms with E-state index < -0.39 is 0 Å². The summed E-state index contributed by atoms with van der Waals surface area (Å²) >= 11 is 0. The molecule has 3 amide bonds. The molecule has 0 unspecified atom stereocenters. The molecule has 2 fully saturated rings. The topological polar surface area (TPSA) is 90.4 Å². The van der Waals surface area contributed by atoms with Crippen molar-refractivity contribution >= 4 is 17.6 Å². The van der Waals surface area contributed by atoms with Crippen LogP contribution in [-0.4, -0.2) is 74.9 Å². The van der Waals surface area contributed by atoms with Gasteiger partial charge in [-0.1, -0.05) is 0 Å². The summed E-state index contributed by atoms with van der Waals surface area (Å²) in [5, 5.41) is 10.8. The molecule has 0 bridgehead atoms. The molecule has 9 heteroatoms. The number of urea groups is 1. The Kier molecular flexibility index (Phi) is 3.07. The number of hydrogen-bond donors (Lipinski definition) is 1. The van der Waals surface area contributed by atoms with Gasteiger partial charge in [-0.05, 0) is 6.07 Å². The van der Waals surface area contributed by atoms with Crippen LogP contribution < -0.4 is 4.90 Å². The van der Waals surface area contributed by atoms with Gasteiger partial charge in [0.2, 0.25) is 0 Å². The lowest BCUT2D eigenvalue weighted by atomic mass is 10.1. The first-order valence-corrected chi connectivity index (χ1v) is 7.49. The van der Waals surface area contributed by atoms with E-state index in [0.717, 1.165) is 12.2 Å². The van der Waals surface area contributed by atoms with Crippen molar-refractivity contribution in [3.63, 3.8) is 0 Å². The maximum atomic E-state index is 12.1. The van der Waals surface area contributed by atoms with Crippen LogP contribution in [0.25, 0.3) is 0 Å². The Bertz CT molecular complexity index is 732. The van der Waals surface area contributed by atoms with Gasteiger partial charge in [-0.3, -0.25) is 19.5 Å². The van der Waals surface area contributed by atoms with E-state index in [-0.39, 0.29) is 18.0 Å². The highest BCUT2D eigenvalue weighted by Gasteiger charge is 2.34. The van der Waals surface area contributed by atoms with Crippen LogP contribution in [0.1, 0.15) is 16.5 Å². The Hall–Kier alpha value is -2.84. The highest BCUT2D eigenvalue weighted by Crippen LogP contribution is 2.25. The number of rotatable bonds is 3. The zero-order valence-corrected chi connectivity index (χ0v) is 12.7. The lowest BCUT2D eigenvalue weighted by Gasteiger charge is -2.38. The van der Waals surface area contributed by atoms with Crippen molar-refractivity contribution in [2.45, 2.75) is 6.04 Å². The first kappa shape index (κ1) is 13.8. The van der Waals surface area contributed by atoms with Crippen LogP contribution >= 0.6 is 0 Å². The summed E-state index contributed by atoms with van der Waals surface area (Å²) in [6, 6.07) is 1.80. The molecule has 9 nitrogen and oxygen atoms in total. The van der Waals surface area contributed by atoms with Gasteiger partial charge in [-0.15, -0.1) is 0 Å². The van der Waals surface area contributed by atoms with Crippen molar-refractivity contribution in [3.8, 4) is 0 Å². The van der Waals surface area contributed by atoms with Crippen molar-refractivity contribution in [1.29, 1.82) is 0 Å². The third-order valence-electron chi connectivity index (χ3n) is 4.37. The zero-order valence-electron chi connectivity index (χ0n) is 12.7. The van der Waals surface area contributed by atoms with E-state index in [0.29, 0.717) is 25.3 Å². The van der Waals surface area contributed by atoms with E-state index in [1.165, 1.54) is 0 Å². The molecular formula is C14H17N7O2. The van der Waals surface area contributed by atoms with Gasteiger partial charge in [0.1, 0.15) is 5.69 Å². The van der Waals surface area contributed by atoms with Crippen LogP contribution in [0.5, 0.6) is 0 Å². The quantitative estimate of drug-likeness (QED) is 0.874. The van der Waals surface area contributed by atoms with Gasteiger partial charge in [0.25, 0.3) is 5.91 Å². The summed E-state index contributed by atoms with van der Waals surface area (Å²) in [4.78, 5) is 29.3. The smallest absolute Gasteiger partial charge is 0.324 e. The van der Waals surface area contributed by atoms with Crippen LogP contribution in [0, 0.1) is 0 Å². The number of carbonyl (C=O) groups excluding carboxylic acids is 2. The molecule has 4 rings (SSSR count). The maximum Gasteiger partial charge on any atom is 0.324 e. The highest BCUT2D eigenvalue weighted by atomic mass is 16.2. The molecule has 2 aromatic rings. The third-order valence-corrected chi connectivity index (χ3v) is 4.37. The van der Waals surface area contributed by atoms with Crippen molar-refractivity contribution in [2.75, 3.05) is 38.1 Å². The number of aromatic nitrogens is 4. The number of nitrogens with one attached hydrogen (secondary N) is 1. The van der Waals surface area contributed by atoms with Gasteiger partial charge in [-0.25, -0.2) is 4.79 Å². The SMILES string of the molecule is CN1CCN(c2cnn(C3CN(C(=O)c4ccn[nH]4)C3)c2)C1=O. The van der Waals surface area contributed by atoms with Gasteiger partial charge in [-0.2, -0.15) is 10.2 Å². The first-order chi connectivity index (χ1) is 11.1. The van der Waals surface area contributed by atoms with E-state index in [4.69, 9.17) is 0 Å². The van der Waals surface area contributed by atoms with E-state index >= 15 is 0 Å². The number of carbonyl (C=O) groups is 2. The fraction of sp³-hybridized carbons (Fsp3) is 0.429. The number of nitrogens with zero attached hydrogens (tertiary/aromatic N) is 6. The second-order valence-corrected chi connectivity index (χ2v) is 5.87. The Morgan fingerprint density at radius 1 is 1.35 bits per heavy atom. The lowest BCUT2D eigenvalue weighted by molar-refractivity contribution is 0.0495. The monoisotopic (exact) mass is 315 g/mol. The predicted molar refractivity (Wildman–Crippen MR) is 81.1 cm³/mol. The van der Waals surface area contributed by atoms with Crippen LogP contribution in [0.3, 0.4) is 0 Å². The van der Waals surface area contributed by atoms with E-state index in [1.807, 2.05) is 10.9 Å². The molecule has 4 heterocycles. The average molecular weight is 315 g/mol. The molecule has 0 spiro atoms. The number of likely N-dealkylation sites (N-methyl/N-ethyl adjacent to an activating group) is 1. The number of amides is 3. The molecule has 0 aromatic carbocycles. The molecule has 2 saturated heterocycles. The Labute approximate surface area is 132 Å². The minimum atomic E-state index is -0.0533. The molecule has 1 N–H and O–H groups in total. The summed E-state index contributed by atoms with van der Waals surface area (Å²) in [5.74, 6) is -0.0533. The fourth-order valence-electron chi connectivity index (χ4n) is 2.89. The predicted octanol–water partition coefficient (Wildman–Crippen LogP) is 0.175. The Balaban J connectivity index is 1.40. The fourth-order valence-corrected chi connectivity index (χ4v) is 2.89. The third kappa shape index (κ3) is 2.24. The normalized spacial score (nSPS) is 18.7. The molecule has 0 atom stereocenters.